The molecule has 7 heteroatoms. The van der Waals surface area contributed by atoms with Crippen LogP contribution in [0.2, 0.25) is 0 Å². The first kappa shape index (κ1) is 18.3. The van der Waals surface area contributed by atoms with E-state index < -0.39 is 0 Å². The maximum atomic E-state index is 11.6. The SMILES string of the molecule is COc1ccc(C)cc1N1CCN(CCNc2cnn(C)c(=O)c2)CC1. The van der Waals surface area contributed by atoms with Gasteiger partial charge >= 0.3 is 0 Å². The van der Waals surface area contributed by atoms with E-state index in [1.54, 1.807) is 26.4 Å². The van der Waals surface area contributed by atoms with Gasteiger partial charge in [0.15, 0.2) is 0 Å². The predicted molar refractivity (Wildman–Crippen MR) is 104 cm³/mol. The highest BCUT2D eigenvalue weighted by molar-refractivity contribution is 5.60. The minimum Gasteiger partial charge on any atom is -0.495 e. The fourth-order valence-electron chi connectivity index (χ4n) is 3.18. The Hall–Kier alpha value is -2.54. The third kappa shape index (κ3) is 4.35. The molecule has 26 heavy (non-hydrogen) atoms. The second kappa shape index (κ2) is 8.23. The molecule has 0 atom stereocenters. The number of nitrogens with zero attached hydrogens (tertiary/aromatic N) is 4. The summed E-state index contributed by atoms with van der Waals surface area (Å²) >= 11 is 0. The molecule has 0 aliphatic carbocycles. The van der Waals surface area contributed by atoms with Crippen molar-refractivity contribution in [3.05, 3.63) is 46.4 Å². The van der Waals surface area contributed by atoms with Gasteiger partial charge in [-0.25, -0.2) is 4.68 Å². The van der Waals surface area contributed by atoms with Gasteiger partial charge in [-0.05, 0) is 24.6 Å². The van der Waals surface area contributed by atoms with Gasteiger partial charge in [-0.1, -0.05) is 6.07 Å². The fraction of sp³-hybridized carbons (Fsp3) is 0.474. The first-order chi connectivity index (χ1) is 12.6. The van der Waals surface area contributed by atoms with Crippen molar-refractivity contribution in [1.82, 2.24) is 14.7 Å². The standard InChI is InChI=1S/C19H27N5O2/c1-15-4-5-18(26-3)17(12-15)24-10-8-23(9-11-24)7-6-20-16-13-19(25)22(2)21-14-16/h4-5,12-14,20H,6-11H2,1-3H3. The number of piperazine rings is 1. The van der Waals surface area contributed by atoms with Crippen LogP contribution >= 0.6 is 0 Å². The van der Waals surface area contributed by atoms with Crippen LogP contribution < -0.4 is 20.5 Å². The average Bonchev–Trinajstić information content (AvgIpc) is 2.65. The normalized spacial score (nSPS) is 15.1. The zero-order valence-corrected chi connectivity index (χ0v) is 15.7. The lowest BCUT2D eigenvalue weighted by atomic mass is 10.1. The molecule has 0 radical (unpaired) electrons. The molecule has 140 valence electrons. The number of methoxy groups -OCH3 is 1. The van der Waals surface area contributed by atoms with Gasteiger partial charge in [-0.3, -0.25) is 9.69 Å². The topological polar surface area (TPSA) is 62.6 Å². The van der Waals surface area contributed by atoms with Crippen LogP contribution in [0.5, 0.6) is 5.75 Å². The Labute approximate surface area is 154 Å². The first-order valence-electron chi connectivity index (χ1n) is 8.96. The second-order valence-electron chi connectivity index (χ2n) is 6.64. The average molecular weight is 357 g/mol. The smallest absolute Gasteiger partial charge is 0.268 e. The van der Waals surface area contributed by atoms with Gasteiger partial charge in [0.1, 0.15) is 5.75 Å². The molecule has 7 nitrogen and oxygen atoms in total. The maximum absolute atomic E-state index is 11.6. The van der Waals surface area contributed by atoms with Crippen molar-refractivity contribution in [2.45, 2.75) is 6.92 Å². The van der Waals surface area contributed by atoms with Crippen LogP contribution in [-0.4, -0.2) is 61.1 Å². The Balaban J connectivity index is 1.49. The number of benzene rings is 1. The summed E-state index contributed by atoms with van der Waals surface area (Å²) in [5.41, 5.74) is 3.10. The summed E-state index contributed by atoms with van der Waals surface area (Å²) in [5, 5.41) is 7.30. The van der Waals surface area contributed by atoms with Crippen molar-refractivity contribution in [3.8, 4) is 5.75 Å². The predicted octanol–water partition coefficient (Wildman–Crippen LogP) is 1.33. The highest BCUT2D eigenvalue weighted by atomic mass is 16.5. The molecule has 2 aromatic rings. The molecule has 0 unspecified atom stereocenters. The maximum Gasteiger partial charge on any atom is 0.268 e. The summed E-state index contributed by atoms with van der Waals surface area (Å²) in [6.07, 6.45) is 1.68. The fourth-order valence-corrected chi connectivity index (χ4v) is 3.18. The van der Waals surface area contributed by atoms with E-state index in [4.69, 9.17) is 4.74 Å². The third-order valence-electron chi connectivity index (χ3n) is 4.77. The van der Waals surface area contributed by atoms with E-state index in [1.807, 2.05) is 6.07 Å². The van der Waals surface area contributed by atoms with Gasteiger partial charge < -0.3 is 15.0 Å². The monoisotopic (exact) mass is 357 g/mol. The highest BCUT2D eigenvalue weighted by Gasteiger charge is 2.19. The summed E-state index contributed by atoms with van der Waals surface area (Å²) in [7, 11) is 3.37. The van der Waals surface area contributed by atoms with Crippen LogP contribution in [0.25, 0.3) is 0 Å². The Morgan fingerprint density at radius 1 is 1.19 bits per heavy atom. The van der Waals surface area contributed by atoms with E-state index in [0.29, 0.717) is 0 Å². The van der Waals surface area contributed by atoms with Gasteiger partial charge in [-0.15, -0.1) is 0 Å². The van der Waals surface area contributed by atoms with E-state index >= 15 is 0 Å². The minimum absolute atomic E-state index is 0.101. The third-order valence-corrected chi connectivity index (χ3v) is 4.77. The van der Waals surface area contributed by atoms with Crippen LogP contribution in [0.3, 0.4) is 0 Å². The molecule has 1 aliphatic rings. The molecule has 1 fully saturated rings. The number of aromatic nitrogens is 2. The van der Waals surface area contributed by atoms with Crippen LogP contribution in [0, 0.1) is 6.92 Å². The van der Waals surface area contributed by atoms with E-state index in [2.05, 4.69) is 39.3 Å². The van der Waals surface area contributed by atoms with Crippen molar-refractivity contribution in [1.29, 1.82) is 0 Å². The van der Waals surface area contributed by atoms with E-state index in [0.717, 1.165) is 50.7 Å². The van der Waals surface area contributed by atoms with Gasteiger partial charge in [0.05, 0.1) is 24.7 Å². The van der Waals surface area contributed by atoms with Gasteiger partial charge in [0.25, 0.3) is 5.56 Å². The number of aryl methyl sites for hydroxylation is 2. The molecule has 1 saturated heterocycles. The summed E-state index contributed by atoms with van der Waals surface area (Å²) < 4.78 is 6.84. The molecular formula is C19H27N5O2. The number of hydrogen-bond donors (Lipinski definition) is 1. The van der Waals surface area contributed by atoms with Gasteiger partial charge in [0.2, 0.25) is 0 Å². The van der Waals surface area contributed by atoms with Crippen molar-refractivity contribution in [2.75, 3.05) is 56.6 Å². The van der Waals surface area contributed by atoms with Crippen LogP contribution in [0.1, 0.15) is 5.56 Å². The molecule has 1 aliphatic heterocycles. The van der Waals surface area contributed by atoms with E-state index in [1.165, 1.54) is 15.9 Å². The highest BCUT2D eigenvalue weighted by Crippen LogP contribution is 2.29. The van der Waals surface area contributed by atoms with Crippen LogP contribution in [0.15, 0.2) is 35.3 Å². The van der Waals surface area contributed by atoms with Crippen molar-refractivity contribution in [3.63, 3.8) is 0 Å². The lowest BCUT2D eigenvalue weighted by Gasteiger charge is -2.36. The lowest BCUT2D eigenvalue weighted by molar-refractivity contribution is 0.266. The Morgan fingerprint density at radius 2 is 1.96 bits per heavy atom. The van der Waals surface area contributed by atoms with Gasteiger partial charge in [0, 0.05) is 52.4 Å². The summed E-state index contributed by atoms with van der Waals surface area (Å²) in [6, 6.07) is 7.89. The Bertz CT molecular complexity index is 797. The molecular weight excluding hydrogens is 330 g/mol. The van der Waals surface area contributed by atoms with Crippen molar-refractivity contribution in [2.24, 2.45) is 7.05 Å². The van der Waals surface area contributed by atoms with Gasteiger partial charge in [-0.2, -0.15) is 5.10 Å². The van der Waals surface area contributed by atoms with Crippen LogP contribution in [0.4, 0.5) is 11.4 Å². The number of ether oxygens (including phenoxy) is 1. The summed E-state index contributed by atoms with van der Waals surface area (Å²) in [4.78, 5) is 16.4. The number of hydrogen-bond acceptors (Lipinski definition) is 6. The molecule has 0 amide bonds. The number of rotatable bonds is 6. The Kier molecular flexibility index (Phi) is 5.78. The summed E-state index contributed by atoms with van der Waals surface area (Å²) in [5.74, 6) is 0.934. The van der Waals surface area contributed by atoms with Crippen LogP contribution in [-0.2, 0) is 7.05 Å². The minimum atomic E-state index is -0.101. The quantitative estimate of drug-likeness (QED) is 0.842. The molecule has 1 aromatic carbocycles. The number of nitrogens with one attached hydrogen (secondary N) is 1. The largest absolute Gasteiger partial charge is 0.495 e. The van der Waals surface area contributed by atoms with E-state index in [-0.39, 0.29) is 5.56 Å². The molecule has 0 spiro atoms. The number of anilines is 2. The molecule has 1 aromatic heterocycles. The second-order valence-corrected chi connectivity index (χ2v) is 6.64. The summed E-state index contributed by atoms with van der Waals surface area (Å²) in [6.45, 7) is 7.81. The molecule has 0 saturated carbocycles. The molecule has 1 N–H and O–H groups in total. The van der Waals surface area contributed by atoms with Crippen molar-refractivity contribution < 1.29 is 4.74 Å². The Morgan fingerprint density at radius 3 is 2.65 bits per heavy atom. The zero-order chi connectivity index (χ0) is 18.5. The van der Waals surface area contributed by atoms with E-state index in [9.17, 15) is 4.79 Å². The lowest BCUT2D eigenvalue weighted by Crippen LogP contribution is -2.47. The van der Waals surface area contributed by atoms with Crippen molar-refractivity contribution >= 4 is 11.4 Å². The molecule has 2 heterocycles. The zero-order valence-electron chi connectivity index (χ0n) is 15.7. The first-order valence-corrected chi connectivity index (χ1v) is 8.96. The molecule has 3 rings (SSSR count). The molecule has 0 bridgehead atoms.